The number of benzene rings is 3. The summed E-state index contributed by atoms with van der Waals surface area (Å²) >= 11 is 0. The van der Waals surface area contributed by atoms with E-state index in [9.17, 15) is 19.5 Å². The molecule has 190 valence electrons. The van der Waals surface area contributed by atoms with Crippen molar-refractivity contribution in [3.8, 4) is 0 Å². The van der Waals surface area contributed by atoms with Crippen molar-refractivity contribution >= 4 is 29.5 Å². The minimum absolute atomic E-state index is 0.103. The molecule has 1 N–H and O–H groups in total. The third kappa shape index (κ3) is 5.00. The van der Waals surface area contributed by atoms with Gasteiger partial charge >= 0.3 is 18.1 Å². The number of piperidine rings is 1. The zero-order chi connectivity index (χ0) is 25.8. The molecular weight excluding hydrogens is 470 g/mol. The number of piperazine rings is 1. The van der Waals surface area contributed by atoms with Crippen LogP contribution in [-0.2, 0) is 16.1 Å². The van der Waals surface area contributed by atoms with Gasteiger partial charge in [0, 0.05) is 6.54 Å². The van der Waals surface area contributed by atoms with Crippen LogP contribution in [0.5, 0.6) is 0 Å². The summed E-state index contributed by atoms with van der Waals surface area (Å²) in [5, 5.41) is 10.3. The molecule has 2 saturated heterocycles. The lowest BCUT2D eigenvalue weighted by Gasteiger charge is -2.52. The van der Waals surface area contributed by atoms with Gasteiger partial charge < -0.3 is 14.7 Å². The summed E-state index contributed by atoms with van der Waals surface area (Å²) in [5.41, 5.74) is 2.13. The topological polar surface area (TPSA) is 90.4 Å². The third-order valence-corrected chi connectivity index (χ3v) is 7.03. The van der Waals surface area contributed by atoms with Gasteiger partial charge in [0.2, 0.25) is 0 Å². The van der Waals surface area contributed by atoms with Gasteiger partial charge in [0.15, 0.2) is 6.04 Å². The van der Waals surface area contributed by atoms with Gasteiger partial charge in [-0.15, -0.1) is 0 Å². The molecule has 3 amide bonds. The van der Waals surface area contributed by atoms with E-state index in [0.717, 1.165) is 12.0 Å². The fraction of sp³-hybridized carbons (Fsp3) is 0.276. The second-order valence-electron chi connectivity index (χ2n) is 9.32. The van der Waals surface area contributed by atoms with Crippen molar-refractivity contribution in [1.82, 2.24) is 9.80 Å². The minimum Gasteiger partial charge on any atom is -0.480 e. The molecule has 2 aliphatic heterocycles. The number of amides is 3. The average molecular weight is 500 g/mol. The zero-order valence-electron chi connectivity index (χ0n) is 20.3. The van der Waals surface area contributed by atoms with Gasteiger partial charge in [0.25, 0.3) is 0 Å². The Bertz CT molecular complexity index is 1200. The number of nitrogens with zero attached hydrogens (tertiary/aromatic N) is 3. The average Bonchev–Trinajstić information content (AvgIpc) is 2.92. The first-order chi connectivity index (χ1) is 18.0. The molecule has 3 atom stereocenters. The monoisotopic (exact) mass is 499 g/mol. The molecular formula is C29H29N3O5. The van der Waals surface area contributed by atoms with Crippen molar-refractivity contribution in [3.63, 3.8) is 0 Å². The summed E-state index contributed by atoms with van der Waals surface area (Å²) in [6, 6.07) is 25.1. The number of ether oxygens (including phenoxy) is 1. The number of likely N-dealkylation sites (tertiary alicyclic amines) is 1. The van der Waals surface area contributed by atoms with Gasteiger partial charge in [0.05, 0.1) is 23.5 Å². The van der Waals surface area contributed by atoms with Gasteiger partial charge in [-0.1, -0.05) is 66.7 Å². The first kappa shape index (κ1) is 24.4. The lowest BCUT2D eigenvalue weighted by atomic mass is 9.86. The van der Waals surface area contributed by atoms with E-state index in [1.807, 2.05) is 91.0 Å². The summed E-state index contributed by atoms with van der Waals surface area (Å²) in [5.74, 6) is -1.14. The van der Waals surface area contributed by atoms with Crippen LogP contribution < -0.4 is 4.90 Å². The minimum atomic E-state index is -1.19. The highest BCUT2D eigenvalue weighted by Gasteiger charge is 2.52. The Labute approximate surface area is 215 Å². The predicted molar refractivity (Wildman–Crippen MR) is 138 cm³/mol. The fourth-order valence-electron chi connectivity index (χ4n) is 5.37. The van der Waals surface area contributed by atoms with Crippen LogP contribution in [0.25, 0.3) is 0 Å². The van der Waals surface area contributed by atoms with Crippen molar-refractivity contribution < 1.29 is 24.2 Å². The van der Waals surface area contributed by atoms with Gasteiger partial charge in [-0.2, -0.15) is 0 Å². The number of hydrogen-bond donors (Lipinski definition) is 1. The number of anilines is 2. The van der Waals surface area contributed by atoms with Crippen LogP contribution in [0.4, 0.5) is 21.0 Å². The Hall–Kier alpha value is -4.33. The summed E-state index contributed by atoms with van der Waals surface area (Å²) in [6.45, 7) is 0.217. The van der Waals surface area contributed by atoms with Crippen molar-refractivity contribution in [2.24, 2.45) is 0 Å². The Balaban J connectivity index is 1.44. The summed E-state index contributed by atoms with van der Waals surface area (Å²) in [7, 11) is 0. The van der Waals surface area contributed by atoms with Crippen LogP contribution in [0, 0.1) is 0 Å². The number of carboxylic acid groups (broad SMARTS) is 1. The molecule has 0 radical (unpaired) electrons. The number of carbonyl (C=O) groups excluding carboxylic acids is 2. The van der Waals surface area contributed by atoms with E-state index < -0.39 is 30.2 Å². The highest BCUT2D eigenvalue weighted by Crippen LogP contribution is 2.36. The van der Waals surface area contributed by atoms with E-state index in [1.54, 1.807) is 4.90 Å². The Morgan fingerprint density at radius 2 is 1.41 bits per heavy atom. The maximum Gasteiger partial charge on any atom is 0.410 e. The van der Waals surface area contributed by atoms with Crippen LogP contribution >= 0.6 is 0 Å². The number of hydrogen-bond acceptors (Lipinski definition) is 4. The smallest absolute Gasteiger partial charge is 0.410 e. The highest BCUT2D eigenvalue weighted by atomic mass is 16.6. The van der Waals surface area contributed by atoms with Gasteiger partial charge in [-0.05, 0) is 49.1 Å². The molecule has 0 unspecified atom stereocenters. The van der Waals surface area contributed by atoms with Crippen molar-refractivity contribution in [2.75, 3.05) is 11.4 Å². The van der Waals surface area contributed by atoms with Crippen molar-refractivity contribution in [3.05, 3.63) is 96.6 Å². The number of para-hydroxylation sites is 2. The second kappa shape index (κ2) is 10.7. The quantitative estimate of drug-likeness (QED) is 0.516. The van der Waals surface area contributed by atoms with Crippen LogP contribution in [-0.4, -0.2) is 57.7 Å². The molecule has 0 aliphatic carbocycles. The maximum atomic E-state index is 14.1. The molecule has 2 fully saturated rings. The van der Waals surface area contributed by atoms with Crippen molar-refractivity contribution in [1.29, 1.82) is 0 Å². The van der Waals surface area contributed by atoms with Crippen molar-refractivity contribution in [2.45, 2.75) is 44.0 Å². The number of rotatable bonds is 5. The van der Waals surface area contributed by atoms with E-state index >= 15 is 0 Å². The molecule has 5 rings (SSSR count). The van der Waals surface area contributed by atoms with Gasteiger partial charge in [0.1, 0.15) is 6.61 Å². The largest absolute Gasteiger partial charge is 0.480 e. The lowest BCUT2D eigenvalue weighted by molar-refractivity contribution is -0.149. The van der Waals surface area contributed by atoms with Crippen LogP contribution in [0.15, 0.2) is 91.0 Å². The van der Waals surface area contributed by atoms with E-state index in [0.29, 0.717) is 24.2 Å². The van der Waals surface area contributed by atoms with E-state index in [4.69, 9.17) is 4.74 Å². The molecule has 2 bridgehead atoms. The number of carboxylic acids is 1. The molecule has 2 aliphatic rings. The predicted octanol–water partition coefficient (Wildman–Crippen LogP) is 5.27. The standard InChI is InChI=1S/C29H29N3O5/c33-27(34)26-25-18-10-17-24(32(25)29(36)37-20-21-11-4-1-5-12-21)19-30(26)28(35)31(22-13-6-2-7-14-22)23-15-8-3-9-16-23/h1-9,11-16,24-26H,10,17-20H2,(H,33,34)/t24-,25+,26-/m0/s1. The van der Waals surface area contributed by atoms with Gasteiger partial charge in [-0.3, -0.25) is 9.80 Å². The highest BCUT2D eigenvalue weighted by molar-refractivity contribution is 6.01. The van der Waals surface area contributed by atoms with E-state index in [1.165, 1.54) is 9.80 Å². The number of urea groups is 1. The molecule has 0 saturated carbocycles. The van der Waals surface area contributed by atoms with E-state index in [2.05, 4.69) is 0 Å². The summed E-state index contributed by atoms with van der Waals surface area (Å²) in [4.78, 5) is 44.4. The Morgan fingerprint density at radius 1 is 0.838 bits per heavy atom. The molecule has 37 heavy (non-hydrogen) atoms. The van der Waals surface area contributed by atoms with Crippen LogP contribution in [0.1, 0.15) is 24.8 Å². The summed E-state index contributed by atoms with van der Waals surface area (Å²) in [6.07, 6.45) is 1.39. The van der Waals surface area contributed by atoms with Crippen LogP contribution in [0.2, 0.25) is 0 Å². The second-order valence-corrected chi connectivity index (χ2v) is 9.32. The molecule has 2 heterocycles. The number of carbonyl (C=O) groups is 3. The van der Waals surface area contributed by atoms with E-state index in [-0.39, 0.29) is 19.2 Å². The summed E-state index contributed by atoms with van der Waals surface area (Å²) < 4.78 is 5.59. The van der Waals surface area contributed by atoms with Crippen LogP contribution in [0.3, 0.4) is 0 Å². The maximum absolute atomic E-state index is 14.1. The number of aliphatic carboxylic acids is 1. The first-order valence-corrected chi connectivity index (χ1v) is 12.5. The normalized spacial score (nSPS) is 20.7. The zero-order valence-corrected chi connectivity index (χ0v) is 20.3. The Morgan fingerprint density at radius 3 is 1.97 bits per heavy atom. The SMILES string of the molecule is O=C(O)[C@@H]1[C@H]2CCC[C@@H](CN1C(=O)N(c1ccccc1)c1ccccc1)N2C(=O)OCc1ccccc1. The fourth-order valence-corrected chi connectivity index (χ4v) is 5.37. The van der Waals surface area contributed by atoms with Gasteiger partial charge in [-0.25, -0.2) is 14.4 Å². The molecule has 0 spiro atoms. The molecule has 3 aromatic carbocycles. The third-order valence-electron chi connectivity index (χ3n) is 7.03. The molecule has 0 aromatic heterocycles. The Kier molecular flexibility index (Phi) is 7.07. The number of fused-ring (bicyclic) bond motifs is 2. The molecule has 8 heteroatoms. The molecule has 3 aromatic rings. The first-order valence-electron chi connectivity index (χ1n) is 12.5. The lowest BCUT2D eigenvalue weighted by Crippen LogP contribution is -2.71. The molecule has 8 nitrogen and oxygen atoms in total.